The van der Waals surface area contributed by atoms with Crippen molar-refractivity contribution in [3.8, 4) is 5.75 Å². The van der Waals surface area contributed by atoms with E-state index in [2.05, 4.69) is 15.9 Å². The second kappa shape index (κ2) is 5.73. The van der Waals surface area contributed by atoms with E-state index in [9.17, 15) is 13.2 Å². The van der Waals surface area contributed by atoms with E-state index in [1.165, 1.54) is 0 Å². The Morgan fingerprint density at radius 2 is 2.06 bits per heavy atom. The minimum Gasteiger partial charge on any atom is -0.493 e. The molecule has 96 valence electrons. The van der Waals surface area contributed by atoms with Crippen molar-refractivity contribution in [3.05, 3.63) is 28.2 Å². The predicted octanol–water partition coefficient (Wildman–Crippen LogP) is 3.80. The Balaban J connectivity index is 2.59. The third-order valence-corrected chi connectivity index (χ3v) is 2.80. The van der Waals surface area contributed by atoms with Gasteiger partial charge in [-0.25, -0.2) is 0 Å². The number of rotatable bonds is 4. The van der Waals surface area contributed by atoms with Gasteiger partial charge in [-0.3, -0.25) is 0 Å². The van der Waals surface area contributed by atoms with Gasteiger partial charge in [-0.05, 0) is 24.6 Å². The summed E-state index contributed by atoms with van der Waals surface area (Å²) in [6, 6.07) is 4.82. The minimum atomic E-state index is -4.19. The number of nitrogens with two attached hydrogens (primary N) is 1. The van der Waals surface area contributed by atoms with Crippen molar-refractivity contribution in [1.82, 2.24) is 0 Å². The fourth-order valence-corrected chi connectivity index (χ4v) is 1.97. The smallest absolute Gasteiger partial charge is 0.392 e. The number of benzene rings is 1. The van der Waals surface area contributed by atoms with Gasteiger partial charge in [0.05, 0.1) is 13.0 Å². The van der Waals surface area contributed by atoms with Gasteiger partial charge >= 0.3 is 6.18 Å². The van der Waals surface area contributed by atoms with E-state index in [4.69, 9.17) is 10.5 Å². The van der Waals surface area contributed by atoms with Crippen LogP contribution in [-0.2, 0) is 0 Å². The van der Waals surface area contributed by atoms with Gasteiger partial charge in [0.2, 0.25) is 0 Å². The van der Waals surface area contributed by atoms with Gasteiger partial charge in [0.15, 0.2) is 0 Å². The summed E-state index contributed by atoms with van der Waals surface area (Å²) >= 11 is 3.30. The molecule has 0 spiro atoms. The Morgan fingerprint density at radius 3 is 2.53 bits per heavy atom. The largest absolute Gasteiger partial charge is 0.493 e. The SMILES string of the molecule is C[C@H](N)c1ccc(OCCC(F)(F)F)cc1Br. The molecule has 0 saturated carbocycles. The molecule has 2 N–H and O–H groups in total. The number of alkyl halides is 3. The lowest BCUT2D eigenvalue weighted by atomic mass is 10.1. The third kappa shape index (κ3) is 4.95. The van der Waals surface area contributed by atoms with Gasteiger partial charge in [-0.2, -0.15) is 13.2 Å². The monoisotopic (exact) mass is 311 g/mol. The summed E-state index contributed by atoms with van der Waals surface area (Å²) in [5.74, 6) is 0.394. The maximum atomic E-state index is 11.9. The van der Waals surface area contributed by atoms with E-state index in [1.54, 1.807) is 18.2 Å². The maximum absolute atomic E-state index is 11.9. The topological polar surface area (TPSA) is 35.2 Å². The summed E-state index contributed by atoms with van der Waals surface area (Å²) in [4.78, 5) is 0. The van der Waals surface area contributed by atoms with Crippen molar-refractivity contribution in [1.29, 1.82) is 0 Å². The van der Waals surface area contributed by atoms with Crippen LogP contribution in [0.25, 0.3) is 0 Å². The summed E-state index contributed by atoms with van der Waals surface area (Å²) in [6.45, 7) is 1.44. The van der Waals surface area contributed by atoms with Gasteiger partial charge in [0.1, 0.15) is 5.75 Å². The van der Waals surface area contributed by atoms with Gasteiger partial charge in [-0.15, -0.1) is 0 Å². The van der Waals surface area contributed by atoms with Crippen LogP contribution in [-0.4, -0.2) is 12.8 Å². The molecule has 1 aromatic rings. The minimum absolute atomic E-state index is 0.145. The molecule has 0 radical (unpaired) electrons. The first-order chi connectivity index (χ1) is 7.79. The van der Waals surface area contributed by atoms with Crippen molar-refractivity contribution in [3.63, 3.8) is 0 Å². The molecule has 0 aliphatic carbocycles. The van der Waals surface area contributed by atoms with Crippen molar-refractivity contribution in [2.24, 2.45) is 5.73 Å². The fraction of sp³-hybridized carbons (Fsp3) is 0.455. The molecule has 17 heavy (non-hydrogen) atoms. The highest BCUT2D eigenvalue weighted by Gasteiger charge is 2.26. The van der Waals surface area contributed by atoms with E-state index in [-0.39, 0.29) is 12.6 Å². The van der Waals surface area contributed by atoms with E-state index in [0.717, 1.165) is 10.0 Å². The standard InChI is InChI=1S/C11H13BrF3NO/c1-7(16)9-3-2-8(6-10(9)12)17-5-4-11(13,14)15/h2-3,6-7H,4-5,16H2,1H3/t7-/m0/s1. The fourth-order valence-electron chi connectivity index (χ4n) is 1.25. The summed E-state index contributed by atoms with van der Waals surface area (Å²) in [5.41, 5.74) is 6.58. The second-order valence-electron chi connectivity index (χ2n) is 3.69. The van der Waals surface area contributed by atoms with Crippen molar-refractivity contribution < 1.29 is 17.9 Å². The number of halogens is 4. The van der Waals surface area contributed by atoms with Crippen LogP contribution in [0.5, 0.6) is 5.75 Å². The predicted molar refractivity (Wildman–Crippen MR) is 62.9 cm³/mol. The Labute approximate surface area is 106 Å². The Bertz CT molecular complexity index is 379. The molecule has 0 bridgehead atoms. The molecule has 0 aromatic heterocycles. The molecule has 0 amide bonds. The van der Waals surface area contributed by atoms with Crippen LogP contribution in [0.4, 0.5) is 13.2 Å². The van der Waals surface area contributed by atoms with Crippen LogP contribution in [0, 0.1) is 0 Å². The van der Waals surface area contributed by atoms with E-state index >= 15 is 0 Å². The Morgan fingerprint density at radius 1 is 1.41 bits per heavy atom. The zero-order valence-corrected chi connectivity index (χ0v) is 10.8. The molecule has 0 fully saturated rings. The first-order valence-electron chi connectivity index (χ1n) is 5.04. The molecule has 6 heteroatoms. The van der Waals surface area contributed by atoms with Crippen molar-refractivity contribution >= 4 is 15.9 Å². The third-order valence-electron chi connectivity index (χ3n) is 2.12. The zero-order chi connectivity index (χ0) is 13.1. The van der Waals surface area contributed by atoms with Crippen LogP contribution in [0.3, 0.4) is 0 Å². The van der Waals surface area contributed by atoms with Crippen molar-refractivity contribution in [2.45, 2.75) is 25.6 Å². The van der Waals surface area contributed by atoms with Gasteiger partial charge < -0.3 is 10.5 Å². The lowest BCUT2D eigenvalue weighted by molar-refractivity contribution is -0.139. The summed E-state index contributed by atoms with van der Waals surface area (Å²) in [6.07, 6.45) is -5.15. The number of hydrogen-bond acceptors (Lipinski definition) is 2. The van der Waals surface area contributed by atoms with E-state index < -0.39 is 12.6 Å². The maximum Gasteiger partial charge on any atom is 0.392 e. The van der Waals surface area contributed by atoms with Crippen LogP contribution < -0.4 is 10.5 Å². The molecule has 0 aliphatic rings. The molecular formula is C11H13BrF3NO. The number of hydrogen-bond donors (Lipinski definition) is 1. The van der Waals surface area contributed by atoms with E-state index in [0.29, 0.717) is 5.75 Å². The first-order valence-corrected chi connectivity index (χ1v) is 5.83. The molecule has 1 atom stereocenters. The average molecular weight is 312 g/mol. The quantitative estimate of drug-likeness (QED) is 0.918. The molecule has 0 saturated heterocycles. The summed E-state index contributed by atoms with van der Waals surface area (Å²) < 4.78 is 41.4. The van der Waals surface area contributed by atoms with Crippen LogP contribution >= 0.6 is 15.9 Å². The van der Waals surface area contributed by atoms with Gasteiger partial charge in [0, 0.05) is 10.5 Å². The summed E-state index contributed by atoms with van der Waals surface area (Å²) in [7, 11) is 0. The zero-order valence-electron chi connectivity index (χ0n) is 9.22. The number of ether oxygens (including phenoxy) is 1. The highest BCUT2D eigenvalue weighted by Crippen LogP contribution is 2.27. The van der Waals surface area contributed by atoms with Gasteiger partial charge in [-0.1, -0.05) is 22.0 Å². The van der Waals surface area contributed by atoms with Crippen LogP contribution in [0.2, 0.25) is 0 Å². The molecule has 1 rings (SSSR count). The average Bonchev–Trinajstić information content (AvgIpc) is 2.15. The highest BCUT2D eigenvalue weighted by atomic mass is 79.9. The molecular weight excluding hydrogens is 299 g/mol. The molecule has 0 unspecified atom stereocenters. The molecule has 0 aliphatic heterocycles. The first kappa shape index (κ1) is 14.3. The van der Waals surface area contributed by atoms with Crippen LogP contribution in [0.15, 0.2) is 22.7 Å². The Kier molecular flexibility index (Phi) is 4.82. The second-order valence-corrected chi connectivity index (χ2v) is 4.54. The van der Waals surface area contributed by atoms with Gasteiger partial charge in [0.25, 0.3) is 0 Å². The lowest BCUT2D eigenvalue weighted by Gasteiger charge is -2.12. The molecule has 0 heterocycles. The molecule has 1 aromatic carbocycles. The normalized spacial score (nSPS) is 13.5. The van der Waals surface area contributed by atoms with E-state index in [1.807, 2.05) is 6.92 Å². The summed E-state index contributed by atoms with van der Waals surface area (Å²) in [5, 5.41) is 0. The Hall–Kier alpha value is -0.750. The highest BCUT2D eigenvalue weighted by molar-refractivity contribution is 9.10. The lowest BCUT2D eigenvalue weighted by Crippen LogP contribution is -2.13. The van der Waals surface area contributed by atoms with Crippen molar-refractivity contribution in [2.75, 3.05) is 6.61 Å². The van der Waals surface area contributed by atoms with Crippen LogP contribution in [0.1, 0.15) is 24.9 Å². The molecule has 2 nitrogen and oxygen atoms in total.